The van der Waals surface area contributed by atoms with Crippen LogP contribution >= 0.6 is 0 Å². The molecule has 3 N–H and O–H groups in total. The molecule has 0 aliphatic heterocycles. The summed E-state index contributed by atoms with van der Waals surface area (Å²) in [5.74, 6) is 1.71. The lowest BCUT2D eigenvalue weighted by atomic mass is 9.65. The molecule has 6 nitrogen and oxygen atoms in total. The van der Waals surface area contributed by atoms with Crippen molar-refractivity contribution in [2.24, 2.45) is 16.3 Å². The number of carbonyl (C=O) groups excluding carboxylic acids is 1. The number of guanidine groups is 1. The number of ether oxygens (including phenoxy) is 1. The number of nitrogens with zero attached hydrogens (tertiary/aromatic N) is 1. The summed E-state index contributed by atoms with van der Waals surface area (Å²) in [6, 6.07) is 0. The van der Waals surface area contributed by atoms with Gasteiger partial charge in [0.15, 0.2) is 5.96 Å². The Morgan fingerprint density at radius 2 is 1.80 bits per heavy atom. The van der Waals surface area contributed by atoms with Gasteiger partial charge in [-0.25, -0.2) is 4.79 Å². The summed E-state index contributed by atoms with van der Waals surface area (Å²) in [4.78, 5) is 16.3. The summed E-state index contributed by atoms with van der Waals surface area (Å²) in [6.07, 6.45) is 6.42. The highest BCUT2D eigenvalue weighted by atomic mass is 16.6. The van der Waals surface area contributed by atoms with E-state index in [4.69, 9.17) is 4.74 Å². The van der Waals surface area contributed by atoms with Crippen molar-refractivity contribution >= 4 is 12.1 Å². The second kappa shape index (κ2) is 7.42. The summed E-state index contributed by atoms with van der Waals surface area (Å²) in [7, 11) is 1.79. The molecule has 25 heavy (non-hydrogen) atoms. The molecule has 0 heterocycles. The van der Waals surface area contributed by atoms with Crippen LogP contribution in [0.25, 0.3) is 0 Å². The Labute approximate surface area is 152 Å². The van der Waals surface area contributed by atoms with Gasteiger partial charge in [-0.2, -0.15) is 0 Å². The molecule has 6 heteroatoms. The first-order valence-electron chi connectivity index (χ1n) is 9.51. The van der Waals surface area contributed by atoms with Crippen LogP contribution < -0.4 is 16.0 Å². The zero-order valence-corrected chi connectivity index (χ0v) is 16.8. The van der Waals surface area contributed by atoms with Crippen LogP contribution in [-0.4, -0.2) is 43.3 Å². The average Bonchev–Trinajstić information content (AvgIpc) is 3.22. The third kappa shape index (κ3) is 6.08. The number of carbonyl (C=O) groups is 1. The fraction of sp³-hybridized carbons (Fsp3) is 0.895. The number of hydrogen-bond acceptors (Lipinski definition) is 3. The van der Waals surface area contributed by atoms with Crippen LogP contribution in [0.4, 0.5) is 4.79 Å². The first-order valence-corrected chi connectivity index (χ1v) is 9.51. The van der Waals surface area contributed by atoms with Crippen LogP contribution in [0, 0.1) is 11.3 Å². The number of hydrogen-bond donors (Lipinski definition) is 3. The lowest BCUT2D eigenvalue weighted by Gasteiger charge is -2.43. The lowest BCUT2D eigenvalue weighted by molar-refractivity contribution is 0.0474. The zero-order chi connectivity index (χ0) is 18.7. The van der Waals surface area contributed by atoms with Gasteiger partial charge in [0.25, 0.3) is 0 Å². The molecule has 0 aromatic carbocycles. The molecule has 0 radical (unpaired) electrons. The van der Waals surface area contributed by atoms with E-state index in [1.54, 1.807) is 7.05 Å². The summed E-state index contributed by atoms with van der Waals surface area (Å²) in [5.41, 5.74) is -0.433. The zero-order valence-electron chi connectivity index (χ0n) is 16.8. The molecule has 0 spiro atoms. The minimum atomic E-state index is -0.495. The molecule has 0 aromatic heterocycles. The van der Waals surface area contributed by atoms with E-state index >= 15 is 0 Å². The van der Waals surface area contributed by atoms with Crippen LogP contribution in [0.5, 0.6) is 0 Å². The second-order valence-corrected chi connectivity index (χ2v) is 9.28. The van der Waals surface area contributed by atoms with Gasteiger partial charge in [-0.1, -0.05) is 6.42 Å². The van der Waals surface area contributed by atoms with Crippen molar-refractivity contribution < 1.29 is 9.53 Å². The lowest BCUT2D eigenvalue weighted by Crippen LogP contribution is -2.55. The molecule has 0 atom stereocenters. The van der Waals surface area contributed by atoms with Crippen LogP contribution in [0.15, 0.2) is 4.99 Å². The van der Waals surface area contributed by atoms with E-state index in [2.05, 4.69) is 20.9 Å². The predicted octanol–water partition coefficient (Wildman–Crippen LogP) is 3.04. The molecular weight excluding hydrogens is 316 g/mol. The molecule has 0 bridgehead atoms. The Morgan fingerprint density at radius 1 is 1.16 bits per heavy atom. The van der Waals surface area contributed by atoms with Crippen molar-refractivity contribution in [2.75, 3.05) is 20.1 Å². The van der Waals surface area contributed by atoms with Crippen molar-refractivity contribution in [2.45, 2.75) is 77.9 Å². The van der Waals surface area contributed by atoms with E-state index < -0.39 is 17.2 Å². The van der Waals surface area contributed by atoms with Crippen LogP contribution in [0.2, 0.25) is 0 Å². The molecule has 2 rings (SSSR count). The Bertz CT molecular complexity index is 500. The van der Waals surface area contributed by atoms with E-state index in [-0.39, 0.29) is 0 Å². The van der Waals surface area contributed by atoms with Crippen LogP contribution in [0.1, 0.15) is 66.7 Å². The molecule has 2 aliphatic carbocycles. The quantitative estimate of drug-likeness (QED) is 0.507. The molecular formula is C19H36N4O2. The third-order valence-electron chi connectivity index (χ3n) is 5.16. The number of amides is 1. The van der Waals surface area contributed by atoms with Crippen molar-refractivity contribution in [1.29, 1.82) is 0 Å². The maximum Gasteiger partial charge on any atom is 0.408 e. The van der Waals surface area contributed by atoms with E-state index in [1.807, 2.05) is 34.6 Å². The summed E-state index contributed by atoms with van der Waals surface area (Å²) >= 11 is 0. The van der Waals surface area contributed by atoms with E-state index in [0.717, 1.165) is 18.4 Å². The van der Waals surface area contributed by atoms with Gasteiger partial charge in [-0.15, -0.1) is 0 Å². The van der Waals surface area contributed by atoms with Crippen molar-refractivity contribution in [3.8, 4) is 0 Å². The molecule has 0 saturated heterocycles. The summed E-state index contributed by atoms with van der Waals surface area (Å²) in [5, 5.41) is 9.73. The van der Waals surface area contributed by atoms with Gasteiger partial charge >= 0.3 is 6.09 Å². The number of aliphatic imine (C=N–C) groups is 1. The highest BCUT2D eigenvalue weighted by Crippen LogP contribution is 2.56. The standard InChI is InChI=1S/C19H36N4O2/c1-17(2,3)25-16(24)23-18(4,5)12-21-15(20-6)22-13-19(10-7-11-19)14-8-9-14/h14H,7-13H2,1-6H3,(H,23,24)(H2,20,21,22). The summed E-state index contributed by atoms with van der Waals surface area (Å²) < 4.78 is 5.33. The fourth-order valence-corrected chi connectivity index (χ4v) is 3.47. The highest BCUT2D eigenvalue weighted by molar-refractivity contribution is 5.80. The highest BCUT2D eigenvalue weighted by Gasteiger charge is 2.48. The van der Waals surface area contributed by atoms with Crippen LogP contribution in [0.3, 0.4) is 0 Å². The smallest absolute Gasteiger partial charge is 0.408 e. The van der Waals surface area contributed by atoms with E-state index in [9.17, 15) is 4.79 Å². The van der Waals surface area contributed by atoms with Gasteiger partial charge in [-0.3, -0.25) is 4.99 Å². The number of alkyl carbamates (subject to hydrolysis) is 1. The van der Waals surface area contributed by atoms with Gasteiger partial charge in [-0.05, 0) is 71.6 Å². The molecule has 1 amide bonds. The molecule has 2 aliphatic rings. The van der Waals surface area contributed by atoms with E-state index in [1.165, 1.54) is 32.1 Å². The SMILES string of the molecule is CN=C(NCC(C)(C)NC(=O)OC(C)(C)C)NCC1(C2CC2)CCC1. The minimum absolute atomic E-state index is 0.399. The monoisotopic (exact) mass is 352 g/mol. The Balaban J connectivity index is 1.76. The molecule has 2 saturated carbocycles. The van der Waals surface area contributed by atoms with Crippen LogP contribution in [-0.2, 0) is 4.74 Å². The van der Waals surface area contributed by atoms with Crippen molar-refractivity contribution in [1.82, 2.24) is 16.0 Å². The Kier molecular flexibility index (Phi) is 5.89. The molecule has 0 unspecified atom stereocenters. The molecule has 0 aromatic rings. The largest absolute Gasteiger partial charge is 0.444 e. The number of nitrogens with one attached hydrogen (secondary N) is 3. The van der Waals surface area contributed by atoms with Crippen molar-refractivity contribution in [3.63, 3.8) is 0 Å². The summed E-state index contributed by atoms with van der Waals surface area (Å²) in [6.45, 7) is 11.1. The van der Waals surface area contributed by atoms with Gasteiger partial charge in [0.1, 0.15) is 5.60 Å². The fourth-order valence-electron chi connectivity index (χ4n) is 3.47. The maximum atomic E-state index is 12.0. The van der Waals surface area contributed by atoms with Gasteiger partial charge in [0.05, 0.1) is 5.54 Å². The molecule has 144 valence electrons. The first kappa shape index (κ1) is 19.9. The van der Waals surface area contributed by atoms with E-state index in [0.29, 0.717) is 12.0 Å². The number of rotatable bonds is 6. The predicted molar refractivity (Wildman–Crippen MR) is 102 cm³/mol. The second-order valence-electron chi connectivity index (χ2n) is 9.28. The average molecular weight is 353 g/mol. The van der Waals surface area contributed by atoms with Crippen molar-refractivity contribution in [3.05, 3.63) is 0 Å². The van der Waals surface area contributed by atoms with Gasteiger partial charge in [0.2, 0.25) is 0 Å². The Hall–Kier alpha value is -1.46. The van der Waals surface area contributed by atoms with Gasteiger partial charge in [0, 0.05) is 20.1 Å². The Morgan fingerprint density at radius 3 is 2.24 bits per heavy atom. The first-order chi connectivity index (χ1) is 11.6. The third-order valence-corrected chi connectivity index (χ3v) is 5.16. The minimum Gasteiger partial charge on any atom is -0.444 e. The topological polar surface area (TPSA) is 74.8 Å². The molecule has 2 fully saturated rings. The maximum absolute atomic E-state index is 12.0. The normalized spacial score (nSPS) is 20.5. The van der Waals surface area contributed by atoms with Gasteiger partial charge < -0.3 is 20.7 Å².